The maximum absolute atomic E-state index is 15.0. The molecular formula is C25H16F2N4O3. The van der Waals surface area contributed by atoms with Crippen LogP contribution in [0.1, 0.15) is 11.1 Å². The molecule has 34 heavy (non-hydrogen) atoms. The Morgan fingerprint density at radius 2 is 1.82 bits per heavy atom. The second kappa shape index (κ2) is 9.34. The van der Waals surface area contributed by atoms with Crippen molar-refractivity contribution in [2.45, 2.75) is 0 Å². The molecule has 0 unspecified atom stereocenters. The topological polar surface area (TPSA) is 100 Å². The highest BCUT2D eigenvalue weighted by Gasteiger charge is 2.17. The van der Waals surface area contributed by atoms with Crippen LogP contribution in [0, 0.1) is 23.0 Å². The van der Waals surface area contributed by atoms with Crippen LogP contribution >= 0.6 is 0 Å². The van der Waals surface area contributed by atoms with Gasteiger partial charge in [-0.05, 0) is 29.8 Å². The molecule has 0 atom stereocenters. The molecule has 7 nitrogen and oxygen atoms in total. The van der Waals surface area contributed by atoms with E-state index in [1.807, 2.05) is 36.4 Å². The molecule has 4 rings (SSSR count). The fourth-order valence-corrected chi connectivity index (χ4v) is 3.39. The molecule has 168 valence electrons. The first-order valence-corrected chi connectivity index (χ1v) is 9.94. The monoisotopic (exact) mass is 458 g/mol. The lowest BCUT2D eigenvalue weighted by Crippen LogP contribution is -2.31. The van der Waals surface area contributed by atoms with Gasteiger partial charge in [0.05, 0.1) is 29.6 Å². The summed E-state index contributed by atoms with van der Waals surface area (Å²) in [5.41, 5.74) is -0.817. The standard InChI is InChI=1S/C25H16F2N4O3/c1-34-23-12-17(16(13-28)9-21(23)27)18-11-22-19(10-20(18)26)24(32)31(25(33)30-22)8-7-29-14-15-5-3-2-4-6-15/h2-12,14H,1H3,(H,30,33)/b8-7+,29-14?. The molecule has 0 radical (unpaired) electrons. The van der Waals surface area contributed by atoms with E-state index in [4.69, 9.17) is 4.74 Å². The average Bonchev–Trinajstić information content (AvgIpc) is 2.84. The highest BCUT2D eigenvalue weighted by Crippen LogP contribution is 2.33. The number of nitrogens with zero attached hydrogens (tertiary/aromatic N) is 3. The molecule has 1 heterocycles. The number of nitriles is 1. The van der Waals surface area contributed by atoms with E-state index in [0.717, 1.165) is 22.3 Å². The van der Waals surface area contributed by atoms with Crippen molar-refractivity contribution in [1.82, 2.24) is 9.55 Å². The maximum Gasteiger partial charge on any atom is 0.333 e. The zero-order valence-corrected chi connectivity index (χ0v) is 17.8. The zero-order chi connectivity index (χ0) is 24.2. The molecule has 0 saturated carbocycles. The highest BCUT2D eigenvalue weighted by molar-refractivity contribution is 5.86. The first-order valence-electron chi connectivity index (χ1n) is 9.94. The van der Waals surface area contributed by atoms with E-state index >= 15 is 4.39 Å². The van der Waals surface area contributed by atoms with Crippen molar-refractivity contribution in [1.29, 1.82) is 5.26 Å². The van der Waals surface area contributed by atoms with Gasteiger partial charge in [-0.2, -0.15) is 5.26 Å². The van der Waals surface area contributed by atoms with Gasteiger partial charge in [-0.1, -0.05) is 30.3 Å². The average molecular weight is 458 g/mol. The Hall–Kier alpha value is -4.84. The van der Waals surface area contributed by atoms with Crippen LogP contribution in [0.15, 0.2) is 75.4 Å². The van der Waals surface area contributed by atoms with Crippen molar-refractivity contribution in [2.75, 3.05) is 7.11 Å². The molecule has 0 amide bonds. The first-order chi connectivity index (χ1) is 16.4. The molecule has 0 aliphatic carbocycles. The van der Waals surface area contributed by atoms with Gasteiger partial charge < -0.3 is 9.72 Å². The van der Waals surface area contributed by atoms with Crippen LogP contribution in [0.3, 0.4) is 0 Å². The van der Waals surface area contributed by atoms with Gasteiger partial charge in [0.1, 0.15) is 5.82 Å². The Morgan fingerprint density at radius 3 is 2.53 bits per heavy atom. The number of aromatic nitrogens is 2. The molecule has 1 N–H and O–H groups in total. The van der Waals surface area contributed by atoms with Crippen molar-refractivity contribution in [3.63, 3.8) is 0 Å². The summed E-state index contributed by atoms with van der Waals surface area (Å²) in [6.07, 6.45) is 3.99. The molecule has 0 aliphatic rings. The SMILES string of the molecule is COc1cc(-c2cc3[nH]c(=O)n(/C=C/N=Cc4ccccc4)c(=O)c3cc2F)c(C#N)cc1F. The van der Waals surface area contributed by atoms with E-state index in [1.54, 1.807) is 6.21 Å². The van der Waals surface area contributed by atoms with Crippen LogP contribution in [-0.4, -0.2) is 22.9 Å². The number of H-pyrrole nitrogens is 1. The van der Waals surface area contributed by atoms with Crippen LogP contribution in [0.5, 0.6) is 5.75 Å². The predicted octanol–water partition coefficient (Wildman–Crippen LogP) is 4.06. The predicted molar refractivity (Wildman–Crippen MR) is 125 cm³/mol. The molecule has 0 spiro atoms. The van der Waals surface area contributed by atoms with Gasteiger partial charge in [-0.15, -0.1) is 0 Å². The summed E-state index contributed by atoms with van der Waals surface area (Å²) >= 11 is 0. The minimum Gasteiger partial charge on any atom is -0.494 e. The summed E-state index contributed by atoms with van der Waals surface area (Å²) in [5.74, 6) is -1.79. The van der Waals surface area contributed by atoms with Crippen molar-refractivity contribution in [3.05, 3.63) is 104 Å². The summed E-state index contributed by atoms with van der Waals surface area (Å²) in [4.78, 5) is 31.9. The van der Waals surface area contributed by atoms with Crippen LogP contribution in [0.4, 0.5) is 8.78 Å². The van der Waals surface area contributed by atoms with E-state index < -0.39 is 22.9 Å². The van der Waals surface area contributed by atoms with Crippen LogP contribution in [0.25, 0.3) is 28.2 Å². The number of methoxy groups -OCH3 is 1. The van der Waals surface area contributed by atoms with E-state index in [1.165, 1.54) is 31.6 Å². The molecule has 9 heteroatoms. The van der Waals surface area contributed by atoms with Gasteiger partial charge >= 0.3 is 5.69 Å². The maximum atomic E-state index is 15.0. The third kappa shape index (κ3) is 4.25. The van der Waals surface area contributed by atoms with Crippen LogP contribution in [-0.2, 0) is 0 Å². The second-order valence-corrected chi connectivity index (χ2v) is 7.11. The first kappa shape index (κ1) is 22.4. The molecule has 3 aromatic carbocycles. The second-order valence-electron chi connectivity index (χ2n) is 7.11. The van der Waals surface area contributed by atoms with Crippen molar-refractivity contribution in [2.24, 2.45) is 4.99 Å². The minimum absolute atomic E-state index is 0.0519. The lowest BCUT2D eigenvalue weighted by molar-refractivity contribution is 0.386. The zero-order valence-electron chi connectivity index (χ0n) is 17.8. The quantitative estimate of drug-likeness (QED) is 0.456. The number of aliphatic imine (C=N–C) groups is 1. The van der Waals surface area contributed by atoms with Gasteiger partial charge in [0.25, 0.3) is 5.56 Å². The number of hydrogen-bond donors (Lipinski definition) is 1. The Morgan fingerprint density at radius 1 is 1.06 bits per heavy atom. The lowest BCUT2D eigenvalue weighted by atomic mass is 9.98. The van der Waals surface area contributed by atoms with Crippen molar-refractivity contribution >= 4 is 23.3 Å². The van der Waals surface area contributed by atoms with E-state index in [-0.39, 0.29) is 33.3 Å². The van der Waals surface area contributed by atoms with Gasteiger partial charge in [0.2, 0.25) is 0 Å². The fourth-order valence-electron chi connectivity index (χ4n) is 3.39. The highest BCUT2D eigenvalue weighted by atomic mass is 19.1. The smallest absolute Gasteiger partial charge is 0.333 e. The molecule has 4 aromatic rings. The molecule has 1 aromatic heterocycles. The molecule has 0 fully saturated rings. The Bertz CT molecular complexity index is 1610. The number of ether oxygens (including phenoxy) is 1. The number of rotatable bonds is 5. The molecule has 0 bridgehead atoms. The van der Waals surface area contributed by atoms with E-state index in [0.29, 0.717) is 0 Å². The van der Waals surface area contributed by atoms with Gasteiger partial charge in [0.15, 0.2) is 11.6 Å². The number of fused-ring (bicyclic) bond motifs is 1. The number of nitrogens with one attached hydrogen (secondary N) is 1. The van der Waals surface area contributed by atoms with Crippen LogP contribution < -0.4 is 16.0 Å². The summed E-state index contributed by atoms with van der Waals surface area (Å²) in [6.45, 7) is 0. The van der Waals surface area contributed by atoms with E-state index in [9.17, 15) is 19.2 Å². The third-order valence-corrected chi connectivity index (χ3v) is 5.04. The summed E-state index contributed by atoms with van der Waals surface area (Å²) < 4.78 is 34.7. The summed E-state index contributed by atoms with van der Waals surface area (Å²) in [6, 6.07) is 15.3. The lowest BCUT2D eigenvalue weighted by Gasteiger charge is -2.11. The van der Waals surface area contributed by atoms with Crippen molar-refractivity contribution < 1.29 is 13.5 Å². The molecule has 0 aliphatic heterocycles. The summed E-state index contributed by atoms with van der Waals surface area (Å²) in [7, 11) is 1.24. The number of benzene rings is 3. The largest absolute Gasteiger partial charge is 0.494 e. The molecular weight excluding hydrogens is 442 g/mol. The van der Waals surface area contributed by atoms with Gasteiger partial charge in [-0.3, -0.25) is 9.79 Å². The summed E-state index contributed by atoms with van der Waals surface area (Å²) in [5, 5.41) is 9.27. The van der Waals surface area contributed by atoms with Gasteiger partial charge in [0, 0.05) is 29.7 Å². The fraction of sp³-hybridized carbons (Fsp3) is 0.0400. The minimum atomic E-state index is -0.834. The van der Waals surface area contributed by atoms with E-state index in [2.05, 4.69) is 9.98 Å². The molecule has 0 saturated heterocycles. The van der Waals surface area contributed by atoms with Crippen molar-refractivity contribution in [3.8, 4) is 22.9 Å². The number of halogens is 2. The van der Waals surface area contributed by atoms with Gasteiger partial charge in [-0.25, -0.2) is 18.1 Å². The number of aromatic amines is 1. The Balaban J connectivity index is 1.79. The Labute approximate surface area is 191 Å². The normalized spacial score (nSPS) is 11.4. The third-order valence-electron chi connectivity index (χ3n) is 5.04. The number of hydrogen-bond acceptors (Lipinski definition) is 5. The Kier molecular flexibility index (Phi) is 6.14. The van der Waals surface area contributed by atoms with Crippen LogP contribution in [0.2, 0.25) is 0 Å².